The molecule has 0 aromatic heterocycles. The van der Waals surface area contributed by atoms with E-state index in [1.54, 1.807) is 7.05 Å². The molecule has 0 atom stereocenters. The average molecular weight is 236 g/mol. The van der Waals surface area contributed by atoms with Crippen molar-refractivity contribution in [2.75, 3.05) is 7.05 Å². The summed E-state index contributed by atoms with van der Waals surface area (Å²) in [5.74, 6) is -1.14. The van der Waals surface area contributed by atoms with Gasteiger partial charge in [-0.1, -0.05) is 0 Å². The largest absolute Gasteiger partial charge is 0.316 e. The lowest BCUT2D eigenvalue weighted by Crippen LogP contribution is -2.05. The molecule has 12 heavy (non-hydrogen) atoms. The van der Waals surface area contributed by atoms with Crippen molar-refractivity contribution in [3.63, 3.8) is 0 Å². The van der Waals surface area contributed by atoms with Gasteiger partial charge in [0.2, 0.25) is 0 Å². The Bertz CT molecular complexity index is 265. The van der Waals surface area contributed by atoms with Crippen LogP contribution in [-0.2, 0) is 6.54 Å². The molecule has 0 saturated heterocycles. The minimum absolute atomic E-state index is 0.109. The van der Waals surface area contributed by atoms with Crippen LogP contribution < -0.4 is 5.32 Å². The summed E-state index contributed by atoms with van der Waals surface area (Å²) in [5.41, 5.74) is 0.593. The molecular weight excluding hydrogens is 228 g/mol. The van der Waals surface area contributed by atoms with Crippen LogP contribution in [0.3, 0.4) is 0 Å². The van der Waals surface area contributed by atoms with E-state index < -0.39 is 11.6 Å². The highest BCUT2D eigenvalue weighted by atomic mass is 79.9. The maximum atomic E-state index is 12.8. The van der Waals surface area contributed by atoms with Gasteiger partial charge in [0.25, 0.3) is 0 Å². The van der Waals surface area contributed by atoms with Crippen molar-refractivity contribution in [1.29, 1.82) is 0 Å². The Morgan fingerprint density at radius 3 is 2.25 bits per heavy atom. The summed E-state index contributed by atoms with van der Waals surface area (Å²) in [6.07, 6.45) is 0. The SMILES string of the molecule is CNCc1cc(F)c(Br)c(F)c1. The van der Waals surface area contributed by atoms with Crippen molar-refractivity contribution in [3.8, 4) is 0 Å². The Morgan fingerprint density at radius 1 is 1.33 bits per heavy atom. The molecule has 0 fully saturated rings. The van der Waals surface area contributed by atoms with Crippen molar-refractivity contribution >= 4 is 15.9 Å². The molecule has 1 aromatic carbocycles. The van der Waals surface area contributed by atoms with Crippen LogP contribution in [0, 0.1) is 11.6 Å². The molecule has 0 aliphatic rings. The predicted molar refractivity (Wildman–Crippen MR) is 46.8 cm³/mol. The van der Waals surface area contributed by atoms with Crippen molar-refractivity contribution in [3.05, 3.63) is 33.8 Å². The van der Waals surface area contributed by atoms with Gasteiger partial charge in [-0.25, -0.2) is 8.78 Å². The third-order valence-corrected chi connectivity index (χ3v) is 2.18. The lowest BCUT2D eigenvalue weighted by Gasteiger charge is -2.02. The maximum Gasteiger partial charge on any atom is 0.140 e. The molecule has 0 radical (unpaired) electrons. The first kappa shape index (κ1) is 9.61. The minimum Gasteiger partial charge on any atom is -0.316 e. The van der Waals surface area contributed by atoms with Crippen LogP contribution in [0.5, 0.6) is 0 Å². The Morgan fingerprint density at radius 2 is 1.83 bits per heavy atom. The summed E-state index contributed by atoms with van der Waals surface area (Å²) >= 11 is 2.79. The number of nitrogens with one attached hydrogen (secondary N) is 1. The van der Waals surface area contributed by atoms with Gasteiger partial charge >= 0.3 is 0 Å². The topological polar surface area (TPSA) is 12.0 Å². The molecule has 1 aromatic rings. The fraction of sp³-hybridized carbons (Fsp3) is 0.250. The molecule has 0 spiro atoms. The first-order valence-corrected chi connectivity index (χ1v) is 4.22. The van der Waals surface area contributed by atoms with Gasteiger partial charge in [0.1, 0.15) is 11.6 Å². The highest BCUT2D eigenvalue weighted by molar-refractivity contribution is 9.10. The van der Waals surface area contributed by atoms with Crippen LogP contribution in [-0.4, -0.2) is 7.05 Å². The minimum atomic E-state index is -0.569. The highest BCUT2D eigenvalue weighted by Crippen LogP contribution is 2.20. The van der Waals surface area contributed by atoms with E-state index in [0.29, 0.717) is 12.1 Å². The van der Waals surface area contributed by atoms with E-state index in [1.807, 2.05) is 0 Å². The second kappa shape index (κ2) is 3.96. The van der Waals surface area contributed by atoms with Crippen LogP contribution in [0.25, 0.3) is 0 Å². The molecule has 1 nitrogen and oxygen atoms in total. The van der Waals surface area contributed by atoms with E-state index in [9.17, 15) is 8.78 Å². The lowest BCUT2D eigenvalue weighted by molar-refractivity contribution is 0.566. The molecule has 4 heteroatoms. The van der Waals surface area contributed by atoms with Gasteiger partial charge in [-0.15, -0.1) is 0 Å². The van der Waals surface area contributed by atoms with Gasteiger partial charge in [0, 0.05) is 6.54 Å². The van der Waals surface area contributed by atoms with Crippen molar-refractivity contribution in [1.82, 2.24) is 5.32 Å². The van der Waals surface area contributed by atoms with Crippen LogP contribution in [0.4, 0.5) is 8.78 Å². The lowest BCUT2D eigenvalue weighted by atomic mass is 10.2. The fourth-order valence-corrected chi connectivity index (χ4v) is 1.14. The number of halogens is 3. The van der Waals surface area contributed by atoms with Crippen LogP contribution in [0.1, 0.15) is 5.56 Å². The van der Waals surface area contributed by atoms with Gasteiger partial charge in [0.15, 0.2) is 0 Å². The Kier molecular flexibility index (Phi) is 3.17. The normalized spacial score (nSPS) is 10.3. The first-order chi connectivity index (χ1) is 5.65. The number of hydrogen-bond donors (Lipinski definition) is 1. The smallest absolute Gasteiger partial charge is 0.140 e. The molecule has 66 valence electrons. The summed E-state index contributed by atoms with van der Waals surface area (Å²) in [5, 5.41) is 2.81. The maximum absolute atomic E-state index is 12.8. The van der Waals surface area contributed by atoms with Crippen LogP contribution in [0.2, 0.25) is 0 Å². The number of benzene rings is 1. The quantitative estimate of drug-likeness (QED) is 0.777. The van der Waals surface area contributed by atoms with Crippen LogP contribution >= 0.6 is 15.9 Å². The average Bonchev–Trinajstić information content (AvgIpc) is 2.01. The van der Waals surface area contributed by atoms with Gasteiger partial charge in [0.05, 0.1) is 4.47 Å². The second-order valence-corrected chi connectivity index (χ2v) is 3.20. The van der Waals surface area contributed by atoms with Crippen molar-refractivity contribution in [2.45, 2.75) is 6.54 Å². The highest BCUT2D eigenvalue weighted by Gasteiger charge is 2.06. The standard InChI is InChI=1S/C8H8BrF2N/c1-12-4-5-2-6(10)8(9)7(11)3-5/h2-3,12H,4H2,1H3. The zero-order chi connectivity index (χ0) is 9.14. The molecule has 0 bridgehead atoms. The summed E-state index contributed by atoms with van der Waals surface area (Å²) in [4.78, 5) is 0. The molecule has 1 rings (SSSR count). The molecule has 0 aliphatic heterocycles. The fourth-order valence-electron chi connectivity index (χ4n) is 0.914. The summed E-state index contributed by atoms with van der Waals surface area (Å²) in [6.45, 7) is 0.459. The molecule has 0 heterocycles. The van der Waals surface area contributed by atoms with E-state index >= 15 is 0 Å². The molecule has 1 N–H and O–H groups in total. The summed E-state index contributed by atoms with van der Waals surface area (Å²) < 4.78 is 25.6. The molecule has 0 unspecified atom stereocenters. The zero-order valence-electron chi connectivity index (χ0n) is 6.50. The van der Waals surface area contributed by atoms with Gasteiger partial charge < -0.3 is 5.32 Å². The van der Waals surface area contributed by atoms with E-state index in [-0.39, 0.29) is 4.47 Å². The zero-order valence-corrected chi connectivity index (χ0v) is 8.08. The third kappa shape index (κ3) is 2.01. The number of rotatable bonds is 2. The third-order valence-electron chi connectivity index (χ3n) is 1.42. The Balaban J connectivity index is 3.04. The first-order valence-electron chi connectivity index (χ1n) is 3.43. The van der Waals surface area contributed by atoms with Crippen LogP contribution in [0.15, 0.2) is 16.6 Å². The Labute approximate surface area is 77.9 Å². The second-order valence-electron chi connectivity index (χ2n) is 2.40. The predicted octanol–water partition coefficient (Wildman–Crippen LogP) is 2.45. The van der Waals surface area contributed by atoms with Gasteiger partial charge in [-0.3, -0.25) is 0 Å². The van der Waals surface area contributed by atoms with Crippen molar-refractivity contribution < 1.29 is 8.78 Å². The molecule has 0 aliphatic carbocycles. The van der Waals surface area contributed by atoms with E-state index in [1.165, 1.54) is 12.1 Å². The van der Waals surface area contributed by atoms with E-state index in [0.717, 1.165) is 0 Å². The van der Waals surface area contributed by atoms with E-state index in [4.69, 9.17) is 0 Å². The molecule has 0 amide bonds. The molecular formula is C8H8BrF2N. The summed E-state index contributed by atoms with van der Waals surface area (Å²) in [6, 6.07) is 2.59. The summed E-state index contributed by atoms with van der Waals surface area (Å²) in [7, 11) is 1.72. The van der Waals surface area contributed by atoms with Crippen molar-refractivity contribution in [2.24, 2.45) is 0 Å². The Hall–Kier alpha value is -0.480. The van der Waals surface area contributed by atoms with Gasteiger partial charge in [-0.05, 0) is 40.7 Å². The van der Waals surface area contributed by atoms with E-state index in [2.05, 4.69) is 21.2 Å². The van der Waals surface area contributed by atoms with Gasteiger partial charge in [-0.2, -0.15) is 0 Å². The molecule has 0 saturated carbocycles. The monoisotopic (exact) mass is 235 g/mol. The number of hydrogen-bond acceptors (Lipinski definition) is 1.